The molecule has 2 N–H and O–H groups in total. The van der Waals surface area contributed by atoms with Gasteiger partial charge in [-0.15, -0.1) is 0 Å². The van der Waals surface area contributed by atoms with Crippen LogP contribution in [0.3, 0.4) is 0 Å². The van der Waals surface area contributed by atoms with Crippen LogP contribution in [-0.4, -0.2) is 43.8 Å². The first-order valence-electron chi connectivity index (χ1n) is 20.6. The molecule has 276 valence electrons. The third kappa shape index (κ3) is 9.47. The van der Waals surface area contributed by atoms with Gasteiger partial charge in [0, 0.05) is 42.1 Å². The molecule has 0 heterocycles. The van der Waals surface area contributed by atoms with Crippen LogP contribution in [0.4, 0.5) is 0 Å². The van der Waals surface area contributed by atoms with Gasteiger partial charge in [0.2, 0.25) is 0 Å². The predicted molar refractivity (Wildman–Crippen MR) is 219 cm³/mol. The lowest BCUT2D eigenvalue weighted by Gasteiger charge is -2.41. The maximum absolute atomic E-state index is 4.29. The van der Waals surface area contributed by atoms with E-state index in [-0.39, 0.29) is 6.04 Å². The summed E-state index contributed by atoms with van der Waals surface area (Å²) in [5.74, 6) is 4.40. The molecule has 1 fully saturated rings. The molecule has 51 heavy (non-hydrogen) atoms. The zero-order valence-electron chi connectivity index (χ0n) is 32.8. The lowest BCUT2D eigenvalue weighted by Crippen LogP contribution is -2.43. The van der Waals surface area contributed by atoms with Gasteiger partial charge in [-0.1, -0.05) is 108 Å². The third-order valence-corrected chi connectivity index (χ3v) is 13.2. The summed E-state index contributed by atoms with van der Waals surface area (Å²) in [6.45, 7) is 17.7. The molecule has 6 aliphatic carbocycles. The second-order valence-electron chi connectivity index (χ2n) is 17.2. The molecular weight excluding hydrogens is 621 g/mol. The van der Waals surface area contributed by atoms with E-state index in [1.54, 1.807) is 0 Å². The maximum atomic E-state index is 4.29. The number of aliphatic imine (C=N–C) groups is 1. The summed E-state index contributed by atoms with van der Waals surface area (Å²) in [5.41, 5.74) is 10.1. The van der Waals surface area contributed by atoms with Crippen molar-refractivity contribution >= 4 is 6.72 Å². The Hall–Kier alpha value is -3.11. The van der Waals surface area contributed by atoms with Gasteiger partial charge in [-0.05, 0) is 136 Å². The number of hydrogen-bond acceptors (Lipinski definition) is 4. The van der Waals surface area contributed by atoms with Gasteiger partial charge >= 0.3 is 0 Å². The quantitative estimate of drug-likeness (QED) is 0.189. The van der Waals surface area contributed by atoms with Crippen LogP contribution in [0.2, 0.25) is 0 Å². The van der Waals surface area contributed by atoms with E-state index < -0.39 is 0 Å². The summed E-state index contributed by atoms with van der Waals surface area (Å²) in [6.07, 6.45) is 39.7. The molecule has 0 radical (unpaired) electrons. The highest BCUT2D eigenvalue weighted by molar-refractivity contribution is 5.53. The summed E-state index contributed by atoms with van der Waals surface area (Å²) in [4.78, 5) is 6.93. The van der Waals surface area contributed by atoms with E-state index in [4.69, 9.17) is 0 Å². The van der Waals surface area contributed by atoms with Crippen molar-refractivity contribution in [3.63, 3.8) is 0 Å². The molecule has 0 saturated heterocycles. The van der Waals surface area contributed by atoms with Gasteiger partial charge in [-0.2, -0.15) is 0 Å². The van der Waals surface area contributed by atoms with Crippen LogP contribution in [0.25, 0.3) is 0 Å². The van der Waals surface area contributed by atoms with E-state index in [9.17, 15) is 0 Å². The Morgan fingerprint density at radius 3 is 2.59 bits per heavy atom. The largest absolute Gasteiger partial charge is 0.381 e. The molecule has 9 atom stereocenters. The Labute approximate surface area is 311 Å². The summed E-state index contributed by atoms with van der Waals surface area (Å²) in [6, 6.07) is 0.841. The van der Waals surface area contributed by atoms with Crippen LogP contribution in [0.1, 0.15) is 105 Å². The lowest BCUT2D eigenvalue weighted by molar-refractivity contribution is 0.105. The first kappa shape index (κ1) is 37.6. The summed E-state index contributed by atoms with van der Waals surface area (Å²) >= 11 is 0. The molecule has 1 saturated carbocycles. The molecular formula is C47H68N4. The topological polar surface area (TPSA) is 39.7 Å². The normalized spacial score (nSPS) is 33.2. The van der Waals surface area contributed by atoms with Crippen molar-refractivity contribution in [1.29, 1.82) is 0 Å². The SMILES string of the molecule is C=NCCC(C1CCC(C)C(C)C1)N(C)CC1=CC(NC2=C(C3C=CC=CC3)C=C(C3=C(NC4=CCCCC4C)CC(C)C=C3)CC2)C(C)C=C1. The molecule has 0 aliphatic heterocycles. The Kier molecular flexibility index (Phi) is 13.0. The molecule has 0 spiro atoms. The molecule has 0 aromatic carbocycles. The van der Waals surface area contributed by atoms with Gasteiger partial charge in [-0.3, -0.25) is 4.90 Å². The molecule has 0 aromatic rings. The molecule has 0 bridgehead atoms. The van der Waals surface area contributed by atoms with Gasteiger partial charge in [0.05, 0.1) is 6.04 Å². The Morgan fingerprint density at radius 1 is 0.961 bits per heavy atom. The average Bonchev–Trinajstić information content (AvgIpc) is 3.13. The van der Waals surface area contributed by atoms with Crippen molar-refractivity contribution in [2.24, 2.45) is 46.4 Å². The van der Waals surface area contributed by atoms with Crippen LogP contribution in [0, 0.1) is 41.4 Å². The standard InChI is InChI=1S/C47H68N4/c1-32-17-23-41(46(27-32)49-43-16-12-11-13-34(43)3)39-22-24-44(42(30-39)38-14-9-8-10-15-38)50-45-29-37(20-18-35(45)4)31-51(7)47(25-26-48-6)40-21-19-33(2)36(5)28-40/h8-10,14,16-18,20,23,29-30,32-36,38,40,45,47,49-50H,6,11-13,15,19,21-22,24-28,31H2,1-5,7H3. The summed E-state index contributed by atoms with van der Waals surface area (Å²) in [5, 5.41) is 8.15. The summed E-state index contributed by atoms with van der Waals surface area (Å²) in [7, 11) is 2.35. The number of nitrogens with one attached hydrogen (secondary N) is 2. The van der Waals surface area contributed by atoms with E-state index >= 15 is 0 Å². The smallest absolute Gasteiger partial charge is 0.0507 e. The minimum Gasteiger partial charge on any atom is -0.381 e. The number of rotatable bonds is 13. The summed E-state index contributed by atoms with van der Waals surface area (Å²) < 4.78 is 0. The van der Waals surface area contributed by atoms with E-state index in [1.165, 1.54) is 77.9 Å². The van der Waals surface area contributed by atoms with Crippen LogP contribution in [0.5, 0.6) is 0 Å². The average molecular weight is 689 g/mol. The highest BCUT2D eigenvalue weighted by atomic mass is 15.1. The monoisotopic (exact) mass is 689 g/mol. The van der Waals surface area contributed by atoms with Gasteiger partial charge in [-0.25, -0.2) is 0 Å². The van der Waals surface area contributed by atoms with E-state index in [0.717, 1.165) is 62.9 Å². The van der Waals surface area contributed by atoms with Crippen molar-refractivity contribution in [3.05, 3.63) is 106 Å². The van der Waals surface area contributed by atoms with E-state index in [0.29, 0.717) is 29.7 Å². The zero-order chi connectivity index (χ0) is 35.9. The first-order valence-corrected chi connectivity index (χ1v) is 20.6. The number of likely N-dealkylation sites (N-methyl/N-ethyl adjacent to an activating group) is 1. The fourth-order valence-electron chi connectivity index (χ4n) is 9.62. The van der Waals surface area contributed by atoms with Gasteiger partial charge in [0.15, 0.2) is 0 Å². The molecule has 0 amide bonds. The lowest BCUT2D eigenvalue weighted by atomic mass is 9.72. The van der Waals surface area contributed by atoms with Crippen molar-refractivity contribution in [2.75, 3.05) is 20.1 Å². The minimum atomic E-state index is 0.289. The second-order valence-corrected chi connectivity index (χ2v) is 17.2. The van der Waals surface area contributed by atoms with Gasteiger partial charge in [0.25, 0.3) is 0 Å². The Balaban J connectivity index is 1.24. The number of nitrogens with zero attached hydrogens (tertiary/aromatic N) is 2. The molecule has 9 unspecified atom stereocenters. The highest BCUT2D eigenvalue weighted by Crippen LogP contribution is 2.40. The van der Waals surface area contributed by atoms with Crippen LogP contribution >= 0.6 is 0 Å². The Morgan fingerprint density at radius 2 is 1.82 bits per heavy atom. The van der Waals surface area contributed by atoms with Crippen molar-refractivity contribution in [1.82, 2.24) is 15.5 Å². The zero-order valence-corrected chi connectivity index (χ0v) is 32.8. The van der Waals surface area contributed by atoms with Crippen molar-refractivity contribution in [2.45, 2.75) is 117 Å². The van der Waals surface area contributed by atoms with E-state index in [1.807, 2.05) is 0 Å². The predicted octanol–water partition coefficient (Wildman–Crippen LogP) is 10.8. The van der Waals surface area contributed by atoms with Crippen LogP contribution in [0.15, 0.2) is 111 Å². The van der Waals surface area contributed by atoms with Crippen LogP contribution < -0.4 is 10.6 Å². The van der Waals surface area contributed by atoms with Crippen molar-refractivity contribution in [3.8, 4) is 0 Å². The number of allylic oxidation sites excluding steroid dienone is 14. The maximum Gasteiger partial charge on any atom is 0.0507 e. The Bertz CT molecular complexity index is 1530. The molecule has 4 heteroatoms. The van der Waals surface area contributed by atoms with E-state index in [2.05, 4.69) is 136 Å². The molecule has 4 nitrogen and oxygen atoms in total. The van der Waals surface area contributed by atoms with Crippen molar-refractivity contribution < 1.29 is 0 Å². The molecule has 6 rings (SSSR count). The fourth-order valence-corrected chi connectivity index (χ4v) is 9.62. The highest BCUT2D eigenvalue weighted by Gasteiger charge is 2.33. The number of hydrogen-bond donors (Lipinski definition) is 2. The van der Waals surface area contributed by atoms with Gasteiger partial charge < -0.3 is 15.6 Å². The second kappa shape index (κ2) is 17.6. The fraction of sp³-hybridized carbons (Fsp3) is 0.596. The third-order valence-electron chi connectivity index (χ3n) is 13.2. The minimum absolute atomic E-state index is 0.289. The molecule has 6 aliphatic rings. The van der Waals surface area contributed by atoms with Crippen LogP contribution in [-0.2, 0) is 0 Å². The first-order chi connectivity index (χ1) is 24.7. The molecule has 0 aromatic heterocycles. The van der Waals surface area contributed by atoms with Gasteiger partial charge in [0.1, 0.15) is 0 Å².